The van der Waals surface area contributed by atoms with Gasteiger partial charge < -0.3 is 15.0 Å². The fraction of sp³-hybridized carbons (Fsp3) is 0.412. The number of carbonyl (C=O) groups excluding carboxylic acids is 2. The van der Waals surface area contributed by atoms with Gasteiger partial charge in [-0.05, 0) is 61.6 Å². The highest BCUT2D eigenvalue weighted by atomic mass is 35.5. The van der Waals surface area contributed by atoms with Crippen LogP contribution in [0, 0.1) is 0 Å². The van der Waals surface area contributed by atoms with Crippen LogP contribution in [0.2, 0.25) is 10.0 Å². The van der Waals surface area contributed by atoms with Gasteiger partial charge in [-0.2, -0.15) is 0 Å². The average Bonchev–Trinajstić information content (AvgIpc) is 3.51. The molecule has 4 rings (SSSR count). The highest BCUT2D eigenvalue weighted by Crippen LogP contribution is 2.31. The maximum atomic E-state index is 14.1. The molecule has 1 aliphatic carbocycles. The second-order valence-electron chi connectivity index (χ2n) is 11.3. The predicted molar refractivity (Wildman–Crippen MR) is 180 cm³/mol. The molecule has 242 valence electrons. The van der Waals surface area contributed by atoms with Crippen LogP contribution in [0.25, 0.3) is 0 Å². The van der Waals surface area contributed by atoms with Gasteiger partial charge in [-0.1, -0.05) is 84.6 Å². The lowest BCUT2D eigenvalue weighted by Crippen LogP contribution is -2.52. The van der Waals surface area contributed by atoms with Crippen molar-refractivity contribution in [3.63, 3.8) is 0 Å². The van der Waals surface area contributed by atoms with Gasteiger partial charge in [-0.15, -0.1) is 0 Å². The number of sulfonamides is 1. The SMILES string of the molecule is CCOc1ccccc1N(CCCC(=O)N(Cc1ccc(Cl)cc1Cl)C(Cc1ccccc1)C(=O)NC1CCCC1)S(C)(=O)=O. The third kappa shape index (κ3) is 9.86. The number of amides is 2. The van der Waals surface area contributed by atoms with Gasteiger partial charge >= 0.3 is 0 Å². The van der Waals surface area contributed by atoms with E-state index in [-0.39, 0.29) is 43.8 Å². The molecule has 1 fully saturated rings. The molecule has 11 heteroatoms. The van der Waals surface area contributed by atoms with Crippen molar-refractivity contribution in [3.05, 3.63) is 94.0 Å². The molecule has 1 aliphatic rings. The van der Waals surface area contributed by atoms with E-state index in [1.165, 1.54) is 4.31 Å². The molecule has 45 heavy (non-hydrogen) atoms. The number of halogens is 2. The van der Waals surface area contributed by atoms with E-state index in [0.717, 1.165) is 37.5 Å². The van der Waals surface area contributed by atoms with Crippen molar-refractivity contribution < 1.29 is 22.7 Å². The van der Waals surface area contributed by atoms with Crippen molar-refractivity contribution in [2.75, 3.05) is 23.7 Å². The van der Waals surface area contributed by atoms with Crippen molar-refractivity contribution >= 4 is 50.7 Å². The number of hydrogen-bond donors (Lipinski definition) is 1. The average molecular weight is 675 g/mol. The minimum atomic E-state index is -3.68. The third-order valence-corrected chi connectivity index (χ3v) is 9.68. The van der Waals surface area contributed by atoms with Gasteiger partial charge in [0.05, 0.1) is 18.6 Å². The smallest absolute Gasteiger partial charge is 0.243 e. The Morgan fingerprint density at radius 1 is 1.00 bits per heavy atom. The summed E-state index contributed by atoms with van der Waals surface area (Å²) in [5.74, 6) is -0.0510. The normalized spacial score (nSPS) is 14.1. The van der Waals surface area contributed by atoms with Crippen LogP contribution in [-0.2, 0) is 32.6 Å². The highest BCUT2D eigenvalue weighted by molar-refractivity contribution is 7.92. The van der Waals surface area contributed by atoms with Crippen molar-refractivity contribution in [3.8, 4) is 5.75 Å². The van der Waals surface area contributed by atoms with E-state index in [9.17, 15) is 18.0 Å². The first-order valence-electron chi connectivity index (χ1n) is 15.3. The van der Waals surface area contributed by atoms with Crippen LogP contribution in [-0.4, -0.2) is 56.6 Å². The van der Waals surface area contributed by atoms with E-state index in [2.05, 4.69) is 5.32 Å². The first-order valence-corrected chi connectivity index (χ1v) is 17.9. The van der Waals surface area contributed by atoms with Gasteiger partial charge in [0, 0.05) is 42.0 Å². The first-order chi connectivity index (χ1) is 21.6. The number of hydrogen-bond acceptors (Lipinski definition) is 5. The van der Waals surface area contributed by atoms with Crippen LogP contribution >= 0.6 is 23.2 Å². The quantitative estimate of drug-likeness (QED) is 0.195. The molecule has 1 unspecified atom stereocenters. The summed E-state index contributed by atoms with van der Waals surface area (Å²) in [5.41, 5.74) is 1.99. The standard InChI is InChI=1S/C34H41Cl2N3O5S/c1-3-44-32-17-10-9-16-30(32)39(45(2,42)43)21-11-18-33(40)38(24-26-19-20-27(35)23-29(26)36)31(22-25-12-5-4-6-13-25)34(41)37-28-14-7-8-15-28/h4-6,9-10,12-13,16-17,19-20,23,28,31H,3,7-8,11,14-15,18,21-22,24H2,1-2H3,(H,37,41). The number of rotatable bonds is 15. The second-order valence-corrected chi connectivity index (χ2v) is 14.0. The van der Waals surface area contributed by atoms with Crippen molar-refractivity contribution in [1.82, 2.24) is 10.2 Å². The lowest BCUT2D eigenvalue weighted by molar-refractivity contribution is -0.141. The second kappa shape index (κ2) is 16.3. The zero-order valence-electron chi connectivity index (χ0n) is 25.8. The van der Waals surface area contributed by atoms with Crippen LogP contribution < -0.4 is 14.4 Å². The molecule has 0 aromatic heterocycles. The molecule has 0 spiro atoms. The number of benzene rings is 3. The van der Waals surface area contributed by atoms with Gasteiger partial charge in [0.15, 0.2) is 0 Å². The molecular formula is C34H41Cl2N3O5S. The Morgan fingerprint density at radius 2 is 1.69 bits per heavy atom. The van der Waals surface area contributed by atoms with Crippen molar-refractivity contribution in [1.29, 1.82) is 0 Å². The van der Waals surface area contributed by atoms with Gasteiger partial charge in [-0.3, -0.25) is 13.9 Å². The Balaban J connectivity index is 1.62. The predicted octanol–water partition coefficient (Wildman–Crippen LogP) is 6.64. The molecule has 1 N–H and O–H groups in total. The summed E-state index contributed by atoms with van der Waals surface area (Å²) >= 11 is 12.7. The molecule has 1 saturated carbocycles. The molecule has 0 heterocycles. The van der Waals surface area contributed by atoms with Crippen LogP contribution in [0.5, 0.6) is 5.75 Å². The minimum Gasteiger partial charge on any atom is -0.492 e. The molecule has 0 radical (unpaired) electrons. The van der Waals surface area contributed by atoms with E-state index in [1.54, 1.807) is 47.4 Å². The molecular weight excluding hydrogens is 633 g/mol. The van der Waals surface area contributed by atoms with Gasteiger partial charge in [-0.25, -0.2) is 8.42 Å². The monoisotopic (exact) mass is 673 g/mol. The Hall–Kier alpha value is -3.27. The Kier molecular flexibility index (Phi) is 12.6. The Labute approximate surface area is 276 Å². The van der Waals surface area contributed by atoms with E-state index in [0.29, 0.717) is 40.1 Å². The van der Waals surface area contributed by atoms with Crippen LogP contribution in [0.4, 0.5) is 5.69 Å². The number of anilines is 1. The maximum Gasteiger partial charge on any atom is 0.243 e. The Bertz CT molecular complexity index is 1550. The molecule has 0 saturated heterocycles. The lowest BCUT2D eigenvalue weighted by atomic mass is 10.0. The summed E-state index contributed by atoms with van der Waals surface area (Å²) in [5, 5.41) is 4.05. The van der Waals surface area contributed by atoms with Gasteiger partial charge in [0.2, 0.25) is 21.8 Å². The lowest BCUT2D eigenvalue weighted by Gasteiger charge is -2.33. The highest BCUT2D eigenvalue weighted by Gasteiger charge is 2.33. The largest absolute Gasteiger partial charge is 0.492 e. The van der Waals surface area contributed by atoms with Gasteiger partial charge in [0.1, 0.15) is 11.8 Å². The third-order valence-electron chi connectivity index (χ3n) is 7.91. The van der Waals surface area contributed by atoms with Crippen LogP contribution in [0.15, 0.2) is 72.8 Å². The fourth-order valence-electron chi connectivity index (χ4n) is 5.68. The first kappa shape index (κ1) is 34.6. The zero-order valence-corrected chi connectivity index (χ0v) is 28.1. The molecule has 2 amide bonds. The number of ether oxygens (including phenoxy) is 1. The minimum absolute atomic E-state index is 0.00995. The molecule has 3 aromatic rings. The van der Waals surface area contributed by atoms with Crippen molar-refractivity contribution in [2.24, 2.45) is 0 Å². The van der Waals surface area contributed by atoms with Crippen LogP contribution in [0.3, 0.4) is 0 Å². The molecule has 3 aromatic carbocycles. The molecule has 1 atom stereocenters. The van der Waals surface area contributed by atoms with E-state index in [4.69, 9.17) is 27.9 Å². The van der Waals surface area contributed by atoms with Gasteiger partial charge in [0.25, 0.3) is 0 Å². The summed E-state index contributed by atoms with van der Waals surface area (Å²) in [6.07, 6.45) is 5.61. The summed E-state index contributed by atoms with van der Waals surface area (Å²) in [4.78, 5) is 29.6. The summed E-state index contributed by atoms with van der Waals surface area (Å²) < 4.78 is 32.7. The summed E-state index contributed by atoms with van der Waals surface area (Å²) in [6, 6.07) is 20.9. The topological polar surface area (TPSA) is 96.0 Å². The Morgan fingerprint density at radius 3 is 2.36 bits per heavy atom. The maximum absolute atomic E-state index is 14.1. The molecule has 0 bridgehead atoms. The van der Waals surface area contributed by atoms with Crippen LogP contribution in [0.1, 0.15) is 56.6 Å². The number of nitrogens with zero attached hydrogens (tertiary/aromatic N) is 2. The number of nitrogens with one attached hydrogen (secondary N) is 1. The molecule has 8 nitrogen and oxygen atoms in total. The van der Waals surface area contributed by atoms with E-state index in [1.807, 2.05) is 37.3 Å². The number of para-hydroxylation sites is 2. The summed E-state index contributed by atoms with van der Waals surface area (Å²) in [6.45, 7) is 2.35. The zero-order chi connectivity index (χ0) is 32.4. The number of carbonyl (C=O) groups is 2. The van der Waals surface area contributed by atoms with E-state index < -0.39 is 16.1 Å². The van der Waals surface area contributed by atoms with E-state index >= 15 is 0 Å². The summed E-state index contributed by atoms with van der Waals surface area (Å²) in [7, 11) is -3.68. The fourth-order valence-corrected chi connectivity index (χ4v) is 7.12. The molecule has 0 aliphatic heterocycles. The van der Waals surface area contributed by atoms with Crippen molar-refractivity contribution in [2.45, 2.75) is 70.5 Å².